The minimum atomic E-state index is -0.815. The standard InChI is InChI=1S/C14H17ClN4O2/c1-3-10(7-13(20)21)8-19-14(16-17-18-19)11-5-4-9(2)6-12(11)15/h4-6,10H,3,7-8H2,1-2H3,(H,20,21). The van der Waals surface area contributed by atoms with E-state index in [0.29, 0.717) is 17.4 Å². The number of aryl methyl sites for hydroxylation is 1. The molecule has 0 bridgehead atoms. The van der Waals surface area contributed by atoms with Crippen molar-refractivity contribution in [2.75, 3.05) is 0 Å². The number of nitrogens with zero attached hydrogens (tertiary/aromatic N) is 4. The van der Waals surface area contributed by atoms with Gasteiger partial charge in [0.05, 0.1) is 5.02 Å². The molecule has 0 saturated heterocycles. The number of carbonyl (C=O) groups is 1. The predicted octanol–water partition coefficient (Wildman–Crippen LogP) is 2.80. The zero-order valence-electron chi connectivity index (χ0n) is 12.0. The molecule has 6 nitrogen and oxygen atoms in total. The van der Waals surface area contributed by atoms with Crippen LogP contribution in [-0.4, -0.2) is 31.3 Å². The SMILES string of the molecule is CCC(CC(=O)O)Cn1nnnc1-c1ccc(C)cc1Cl. The van der Waals surface area contributed by atoms with E-state index in [9.17, 15) is 4.79 Å². The largest absolute Gasteiger partial charge is 0.481 e. The zero-order chi connectivity index (χ0) is 15.4. The molecule has 21 heavy (non-hydrogen) atoms. The number of aromatic nitrogens is 4. The molecule has 0 aliphatic carbocycles. The van der Waals surface area contributed by atoms with Gasteiger partial charge in [-0.05, 0) is 41.0 Å². The molecule has 0 aliphatic rings. The van der Waals surface area contributed by atoms with Crippen LogP contribution in [0, 0.1) is 12.8 Å². The lowest BCUT2D eigenvalue weighted by Gasteiger charge is -2.13. The van der Waals surface area contributed by atoms with Crippen LogP contribution < -0.4 is 0 Å². The average Bonchev–Trinajstić information content (AvgIpc) is 2.85. The topological polar surface area (TPSA) is 80.9 Å². The highest BCUT2D eigenvalue weighted by Crippen LogP contribution is 2.27. The molecular weight excluding hydrogens is 292 g/mol. The fourth-order valence-electron chi connectivity index (χ4n) is 2.15. The number of hydrogen-bond donors (Lipinski definition) is 1. The van der Waals surface area contributed by atoms with E-state index in [2.05, 4.69) is 15.5 Å². The summed E-state index contributed by atoms with van der Waals surface area (Å²) in [6.07, 6.45) is 0.838. The smallest absolute Gasteiger partial charge is 0.303 e. The third kappa shape index (κ3) is 3.78. The van der Waals surface area contributed by atoms with Gasteiger partial charge in [-0.1, -0.05) is 31.0 Å². The molecule has 1 heterocycles. The van der Waals surface area contributed by atoms with Crippen molar-refractivity contribution in [1.29, 1.82) is 0 Å². The monoisotopic (exact) mass is 308 g/mol. The van der Waals surface area contributed by atoms with Crippen molar-refractivity contribution in [3.8, 4) is 11.4 Å². The molecule has 0 radical (unpaired) electrons. The van der Waals surface area contributed by atoms with Crippen molar-refractivity contribution in [1.82, 2.24) is 20.2 Å². The second kappa shape index (κ2) is 6.67. The molecule has 0 aliphatic heterocycles. The van der Waals surface area contributed by atoms with Crippen molar-refractivity contribution >= 4 is 17.6 Å². The van der Waals surface area contributed by atoms with Crippen molar-refractivity contribution < 1.29 is 9.90 Å². The second-order valence-corrected chi connectivity index (χ2v) is 5.45. The number of carboxylic acid groups (broad SMARTS) is 1. The number of benzene rings is 1. The Morgan fingerprint density at radius 1 is 1.48 bits per heavy atom. The fourth-order valence-corrected chi connectivity index (χ4v) is 2.47. The van der Waals surface area contributed by atoms with Crippen LogP contribution in [0.2, 0.25) is 5.02 Å². The van der Waals surface area contributed by atoms with Gasteiger partial charge in [0.1, 0.15) is 0 Å². The van der Waals surface area contributed by atoms with Crippen molar-refractivity contribution in [3.63, 3.8) is 0 Å². The molecule has 112 valence electrons. The first kappa shape index (κ1) is 15.4. The lowest BCUT2D eigenvalue weighted by molar-refractivity contribution is -0.138. The van der Waals surface area contributed by atoms with Crippen LogP contribution >= 0.6 is 11.6 Å². The highest BCUT2D eigenvalue weighted by molar-refractivity contribution is 6.33. The number of carboxylic acids is 1. The Morgan fingerprint density at radius 3 is 2.86 bits per heavy atom. The summed E-state index contributed by atoms with van der Waals surface area (Å²) >= 11 is 6.24. The summed E-state index contributed by atoms with van der Waals surface area (Å²) in [6, 6.07) is 5.66. The average molecular weight is 309 g/mol. The van der Waals surface area contributed by atoms with E-state index in [4.69, 9.17) is 16.7 Å². The van der Waals surface area contributed by atoms with Crippen LogP contribution in [-0.2, 0) is 11.3 Å². The van der Waals surface area contributed by atoms with Crippen LogP contribution in [0.4, 0.5) is 0 Å². The summed E-state index contributed by atoms with van der Waals surface area (Å²) in [5.74, 6) is -0.275. The lowest BCUT2D eigenvalue weighted by atomic mass is 10.0. The van der Waals surface area contributed by atoms with E-state index >= 15 is 0 Å². The first-order valence-electron chi connectivity index (χ1n) is 6.75. The maximum atomic E-state index is 10.9. The molecule has 1 N–H and O–H groups in total. The van der Waals surface area contributed by atoms with Gasteiger partial charge in [-0.2, -0.15) is 0 Å². The molecule has 1 aromatic heterocycles. The number of aliphatic carboxylic acids is 1. The van der Waals surface area contributed by atoms with Gasteiger partial charge in [0.2, 0.25) is 0 Å². The van der Waals surface area contributed by atoms with E-state index < -0.39 is 5.97 Å². The van der Waals surface area contributed by atoms with Crippen molar-refractivity contribution in [2.45, 2.75) is 33.2 Å². The van der Waals surface area contributed by atoms with Crippen LogP contribution in [0.25, 0.3) is 11.4 Å². The number of rotatable bonds is 6. The van der Waals surface area contributed by atoms with Crippen LogP contribution in [0.15, 0.2) is 18.2 Å². The molecule has 0 saturated carbocycles. The third-order valence-electron chi connectivity index (χ3n) is 3.37. The molecule has 1 unspecified atom stereocenters. The Hall–Kier alpha value is -1.95. The lowest BCUT2D eigenvalue weighted by Crippen LogP contribution is -2.16. The van der Waals surface area contributed by atoms with Gasteiger partial charge in [-0.3, -0.25) is 4.79 Å². The van der Waals surface area contributed by atoms with Crippen LogP contribution in [0.5, 0.6) is 0 Å². The number of hydrogen-bond acceptors (Lipinski definition) is 4. The van der Waals surface area contributed by atoms with E-state index in [0.717, 1.165) is 17.5 Å². The molecule has 2 rings (SSSR count). The van der Waals surface area contributed by atoms with E-state index in [1.165, 1.54) is 0 Å². The van der Waals surface area contributed by atoms with E-state index in [1.54, 1.807) is 4.68 Å². The van der Waals surface area contributed by atoms with Crippen LogP contribution in [0.3, 0.4) is 0 Å². The quantitative estimate of drug-likeness (QED) is 0.887. The van der Waals surface area contributed by atoms with Crippen molar-refractivity contribution in [2.24, 2.45) is 5.92 Å². The van der Waals surface area contributed by atoms with Gasteiger partial charge in [0.15, 0.2) is 5.82 Å². The Kier molecular flexibility index (Phi) is 4.90. The van der Waals surface area contributed by atoms with E-state index in [1.807, 2.05) is 32.0 Å². The summed E-state index contributed by atoms with van der Waals surface area (Å²) in [4.78, 5) is 10.9. The van der Waals surface area contributed by atoms with Crippen molar-refractivity contribution in [3.05, 3.63) is 28.8 Å². The normalized spacial score (nSPS) is 12.3. The predicted molar refractivity (Wildman–Crippen MR) is 79.0 cm³/mol. The van der Waals surface area contributed by atoms with Crippen LogP contribution in [0.1, 0.15) is 25.3 Å². The molecule has 0 spiro atoms. The van der Waals surface area contributed by atoms with Gasteiger partial charge < -0.3 is 5.11 Å². The summed E-state index contributed by atoms with van der Waals surface area (Å²) in [5.41, 5.74) is 1.80. The summed E-state index contributed by atoms with van der Waals surface area (Å²) in [7, 11) is 0. The molecule has 0 amide bonds. The fraction of sp³-hybridized carbons (Fsp3) is 0.429. The molecule has 0 fully saturated rings. The van der Waals surface area contributed by atoms with Gasteiger partial charge >= 0.3 is 5.97 Å². The zero-order valence-corrected chi connectivity index (χ0v) is 12.7. The highest BCUT2D eigenvalue weighted by atomic mass is 35.5. The number of halogens is 1. The molecule has 2 aromatic rings. The molecule has 1 aromatic carbocycles. The molecule has 1 atom stereocenters. The Balaban J connectivity index is 2.27. The maximum absolute atomic E-state index is 10.9. The Bertz CT molecular complexity index is 642. The maximum Gasteiger partial charge on any atom is 0.303 e. The van der Waals surface area contributed by atoms with Gasteiger partial charge in [0.25, 0.3) is 0 Å². The third-order valence-corrected chi connectivity index (χ3v) is 3.68. The van der Waals surface area contributed by atoms with Gasteiger partial charge in [0, 0.05) is 18.5 Å². The Morgan fingerprint density at radius 2 is 2.24 bits per heavy atom. The molecular formula is C14H17ClN4O2. The summed E-state index contributed by atoms with van der Waals surface area (Å²) in [6.45, 7) is 4.37. The summed E-state index contributed by atoms with van der Waals surface area (Å²) < 4.78 is 1.62. The number of tetrazole rings is 1. The Labute approximate surface area is 127 Å². The van der Waals surface area contributed by atoms with Gasteiger partial charge in [-0.15, -0.1) is 5.10 Å². The first-order chi connectivity index (χ1) is 10.0. The molecule has 7 heteroatoms. The summed E-state index contributed by atoms with van der Waals surface area (Å²) in [5, 5.41) is 21.2. The minimum Gasteiger partial charge on any atom is -0.481 e. The minimum absolute atomic E-state index is 0.0195. The van der Waals surface area contributed by atoms with Gasteiger partial charge in [-0.25, -0.2) is 4.68 Å². The first-order valence-corrected chi connectivity index (χ1v) is 7.13. The van der Waals surface area contributed by atoms with E-state index in [-0.39, 0.29) is 12.3 Å². The second-order valence-electron chi connectivity index (χ2n) is 5.04. The highest BCUT2D eigenvalue weighted by Gasteiger charge is 2.17.